The van der Waals surface area contributed by atoms with Crippen molar-refractivity contribution in [1.82, 2.24) is 9.97 Å². The van der Waals surface area contributed by atoms with Crippen LogP contribution in [0.1, 0.15) is 48.1 Å². The van der Waals surface area contributed by atoms with Gasteiger partial charge in [0, 0.05) is 18.0 Å². The van der Waals surface area contributed by atoms with Crippen LogP contribution in [0.25, 0.3) is 0 Å². The Morgan fingerprint density at radius 1 is 1.00 bits per heavy atom. The molecule has 0 unspecified atom stereocenters. The lowest BCUT2D eigenvalue weighted by molar-refractivity contribution is 0.102. The van der Waals surface area contributed by atoms with Crippen LogP contribution < -0.4 is 0 Å². The van der Waals surface area contributed by atoms with Gasteiger partial charge in [-0.15, -0.1) is 0 Å². The summed E-state index contributed by atoms with van der Waals surface area (Å²) in [7, 11) is 0. The van der Waals surface area contributed by atoms with Gasteiger partial charge < -0.3 is 0 Å². The molecular weight excluding hydrogens is 236 g/mol. The maximum atomic E-state index is 12.2. The molecular formula is C16H18N2O. The first kappa shape index (κ1) is 13.4. The van der Waals surface area contributed by atoms with Crippen LogP contribution in [0.4, 0.5) is 0 Å². The van der Waals surface area contributed by atoms with Crippen molar-refractivity contribution in [2.75, 3.05) is 0 Å². The van der Waals surface area contributed by atoms with E-state index in [1.54, 1.807) is 12.4 Å². The molecule has 0 atom stereocenters. The molecule has 0 aliphatic rings. The number of hydrogen-bond acceptors (Lipinski definition) is 3. The fraction of sp³-hybridized carbons (Fsp3) is 0.312. The summed E-state index contributed by atoms with van der Waals surface area (Å²) in [4.78, 5) is 20.3. The summed E-state index contributed by atoms with van der Waals surface area (Å²) in [5.74, 6) is 0.106. The van der Waals surface area contributed by atoms with Crippen LogP contribution in [0.15, 0.2) is 36.7 Å². The topological polar surface area (TPSA) is 42.9 Å². The van der Waals surface area contributed by atoms with E-state index < -0.39 is 0 Å². The standard InChI is InChI=1S/C16H18N2O/c1-11-9-17-15(18-10-11)14(19)12-5-7-13(8-6-12)16(2,3)4/h5-10H,1-4H3. The van der Waals surface area contributed by atoms with Crippen molar-refractivity contribution in [1.29, 1.82) is 0 Å². The molecule has 0 bridgehead atoms. The molecule has 2 aromatic rings. The average molecular weight is 254 g/mol. The number of aryl methyl sites for hydroxylation is 1. The second-order valence-corrected chi connectivity index (χ2v) is 5.74. The molecule has 1 heterocycles. The van der Waals surface area contributed by atoms with Crippen molar-refractivity contribution in [3.8, 4) is 0 Å². The molecule has 0 aliphatic heterocycles. The van der Waals surface area contributed by atoms with E-state index in [1.165, 1.54) is 5.56 Å². The van der Waals surface area contributed by atoms with Crippen molar-refractivity contribution in [2.45, 2.75) is 33.1 Å². The van der Waals surface area contributed by atoms with Gasteiger partial charge in [-0.05, 0) is 23.5 Å². The quantitative estimate of drug-likeness (QED) is 0.772. The van der Waals surface area contributed by atoms with Crippen molar-refractivity contribution >= 4 is 5.78 Å². The van der Waals surface area contributed by atoms with E-state index in [-0.39, 0.29) is 17.0 Å². The lowest BCUT2D eigenvalue weighted by Gasteiger charge is -2.18. The first-order valence-corrected chi connectivity index (χ1v) is 6.32. The summed E-state index contributed by atoms with van der Waals surface area (Å²) in [5.41, 5.74) is 2.85. The van der Waals surface area contributed by atoms with Crippen molar-refractivity contribution in [3.05, 3.63) is 59.2 Å². The minimum Gasteiger partial charge on any atom is -0.285 e. The van der Waals surface area contributed by atoms with Gasteiger partial charge in [0.05, 0.1) is 0 Å². The lowest BCUT2D eigenvalue weighted by Crippen LogP contribution is -2.12. The van der Waals surface area contributed by atoms with E-state index in [9.17, 15) is 4.79 Å². The number of ketones is 1. The van der Waals surface area contributed by atoms with Gasteiger partial charge in [-0.2, -0.15) is 0 Å². The van der Waals surface area contributed by atoms with Crippen LogP contribution in [0.2, 0.25) is 0 Å². The van der Waals surface area contributed by atoms with Crippen LogP contribution in [0.3, 0.4) is 0 Å². The van der Waals surface area contributed by atoms with Crippen LogP contribution in [0.5, 0.6) is 0 Å². The molecule has 0 N–H and O–H groups in total. The Morgan fingerprint density at radius 3 is 2.00 bits per heavy atom. The number of carbonyl (C=O) groups excluding carboxylic acids is 1. The second kappa shape index (κ2) is 4.92. The van der Waals surface area contributed by atoms with Gasteiger partial charge >= 0.3 is 0 Å². The highest BCUT2D eigenvalue weighted by molar-refractivity contribution is 6.06. The molecule has 0 saturated carbocycles. The summed E-state index contributed by atoms with van der Waals surface area (Å²) in [6.45, 7) is 8.33. The Hall–Kier alpha value is -2.03. The molecule has 0 aliphatic carbocycles. The molecule has 3 heteroatoms. The molecule has 1 aromatic carbocycles. The van der Waals surface area contributed by atoms with Crippen LogP contribution in [0, 0.1) is 6.92 Å². The molecule has 19 heavy (non-hydrogen) atoms. The third-order valence-corrected chi connectivity index (χ3v) is 3.00. The fourth-order valence-electron chi connectivity index (χ4n) is 1.76. The summed E-state index contributed by atoms with van der Waals surface area (Å²) >= 11 is 0. The predicted molar refractivity (Wildman–Crippen MR) is 75.3 cm³/mol. The molecule has 2 rings (SSSR count). The third kappa shape index (κ3) is 3.05. The van der Waals surface area contributed by atoms with Gasteiger partial charge in [0.25, 0.3) is 0 Å². The highest BCUT2D eigenvalue weighted by Gasteiger charge is 2.16. The highest BCUT2D eigenvalue weighted by Crippen LogP contribution is 2.22. The van der Waals surface area contributed by atoms with Gasteiger partial charge in [-0.3, -0.25) is 4.79 Å². The maximum absolute atomic E-state index is 12.2. The van der Waals surface area contributed by atoms with E-state index >= 15 is 0 Å². The van der Waals surface area contributed by atoms with Gasteiger partial charge in [0.1, 0.15) is 0 Å². The van der Waals surface area contributed by atoms with Gasteiger partial charge in [0.2, 0.25) is 11.6 Å². The number of carbonyl (C=O) groups is 1. The minimum atomic E-state index is -0.138. The number of rotatable bonds is 2. The molecule has 0 saturated heterocycles. The van der Waals surface area contributed by atoms with Gasteiger partial charge in [-0.1, -0.05) is 45.0 Å². The smallest absolute Gasteiger partial charge is 0.230 e. The molecule has 1 aromatic heterocycles. The van der Waals surface area contributed by atoms with Gasteiger partial charge in [-0.25, -0.2) is 9.97 Å². The highest BCUT2D eigenvalue weighted by atomic mass is 16.1. The molecule has 98 valence electrons. The Bertz CT molecular complexity index is 578. The van der Waals surface area contributed by atoms with Crippen molar-refractivity contribution in [3.63, 3.8) is 0 Å². The lowest BCUT2D eigenvalue weighted by atomic mass is 9.86. The van der Waals surface area contributed by atoms with E-state index in [2.05, 4.69) is 30.7 Å². The summed E-state index contributed by atoms with van der Waals surface area (Å²) in [6, 6.07) is 7.65. The summed E-state index contributed by atoms with van der Waals surface area (Å²) < 4.78 is 0. The van der Waals surface area contributed by atoms with Gasteiger partial charge in [0.15, 0.2) is 0 Å². The molecule has 0 spiro atoms. The molecule has 0 radical (unpaired) electrons. The SMILES string of the molecule is Cc1cnc(C(=O)c2ccc(C(C)(C)C)cc2)nc1. The Morgan fingerprint density at radius 2 is 1.53 bits per heavy atom. The monoisotopic (exact) mass is 254 g/mol. The number of benzene rings is 1. The largest absolute Gasteiger partial charge is 0.285 e. The third-order valence-electron chi connectivity index (χ3n) is 3.00. The van der Waals surface area contributed by atoms with E-state index in [0.29, 0.717) is 5.56 Å². The van der Waals surface area contributed by atoms with Crippen molar-refractivity contribution < 1.29 is 4.79 Å². The Kier molecular flexibility index (Phi) is 3.47. The maximum Gasteiger partial charge on any atom is 0.230 e. The first-order valence-electron chi connectivity index (χ1n) is 6.32. The minimum absolute atomic E-state index is 0.0853. The Labute approximate surface area is 113 Å². The van der Waals surface area contributed by atoms with E-state index in [4.69, 9.17) is 0 Å². The zero-order valence-electron chi connectivity index (χ0n) is 11.8. The summed E-state index contributed by atoms with van der Waals surface area (Å²) in [6.07, 6.45) is 3.31. The summed E-state index contributed by atoms with van der Waals surface area (Å²) in [5, 5.41) is 0. The Balaban J connectivity index is 2.27. The van der Waals surface area contributed by atoms with Crippen LogP contribution in [-0.4, -0.2) is 15.8 Å². The number of aromatic nitrogens is 2. The normalized spacial score (nSPS) is 11.4. The zero-order valence-corrected chi connectivity index (χ0v) is 11.8. The fourth-order valence-corrected chi connectivity index (χ4v) is 1.76. The van der Waals surface area contributed by atoms with E-state index in [0.717, 1.165) is 5.56 Å². The van der Waals surface area contributed by atoms with E-state index in [1.807, 2.05) is 31.2 Å². The van der Waals surface area contributed by atoms with Crippen LogP contribution in [-0.2, 0) is 5.41 Å². The van der Waals surface area contributed by atoms with Crippen molar-refractivity contribution in [2.24, 2.45) is 0 Å². The number of nitrogens with zero attached hydrogens (tertiary/aromatic N) is 2. The predicted octanol–water partition coefficient (Wildman–Crippen LogP) is 3.31. The van der Waals surface area contributed by atoms with Crippen LogP contribution >= 0.6 is 0 Å². The first-order chi connectivity index (χ1) is 8.88. The number of hydrogen-bond donors (Lipinski definition) is 0. The molecule has 0 amide bonds. The molecule has 3 nitrogen and oxygen atoms in total. The zero-order chi connectivity index (χ0) is 14.0. The molecule has 0 fully saturated rings. The average Bonchev–Trinajstić information content (AvgIpc) is 2.38. The second-order valence-electron chi connectivity index (χ2n) is 5.74.